The average Bonchev–Trinajstić information content (AvgIpc) is 2.86. The monoisotopic (exact) mass is 437 g/mol. The van der Waals surface area contributed by atoms with Crippen molar-refractivity contribution in [1.29, 1.82) is 0 Å². The van der Waals surface area contributed by atoms with Gasteiger partial charge in [-0.1, -0.05) is 42.5 Å². The summed E-state index contributed by atoms with van der Waals surface area (Å²) in [5.41, 5.74) is 4.68. The zero-order chi connectivity index (χ0) is 22.9. The Hall–Kier alpha value is -3.86. The number of fused-ring (bicyclic) bond motifs is 1. The van der Waals surface area contributed by atoms with Gasteiger partial charge in [0.25, 0.3) is 11.5 Å². The molecule has 1 saturated heterocycles. The molecule has 0 unspecified atom stereocenters. The number of rotatable bonds is 3. The Morgan fingerprint density at radius 3 is 2.09 bits per heavy atom. The van der Waals surface area contributed by atoms with E-state index in [0.29, 0.717) is 29.4 Å². The highest BCUT2D eigenvalue weighted by atomic mass is 16.2. The van der Waals surface area contributed by atoms with Gasteiger partial charge >= 0.3 is 0 Å². The fraction of sp³-hybridized carbons (Fsp3) is 0.214. The molecule has 0 aliphatic carbocycles. The van der Waals surface area contributed by atoms with Gasteiger partial charge in [-0.3, -0.25) is 14.2 Å². The molecule has 2 heterocycles. The first-order valence-corrected chi connectivity index (χ1v) is 11.3. The van der Waals surface area contributed by atoms with E-state index >= 15 is 0 Å². The highest BCUT2D eigenvalue weighted by molar-refractivity contribution is 6.06. The number of carbonyl (C=O) groups is 1. The van der Waals surface area contributed by atoms with Crippen molar-refractivity contribution >= 4 is 22.4 Å². The predicted molar refractivity (Wildman–Crippen MR) is 134 cm³/mol. The van der Waals surface area contributed by atoms with Crippen LogP contribution in [0.2, 0.25) is 0 Å². The third-order valence-electron chi connectivity index (χ3n) is 6.61. The van der Waals surface area contributed by atoms with Gasteiger partial charge in [0.15, 0.2) is 0 Å². The number of aromatic nitrogens is 1. The van der Waals surface area contributed by atoms with Gasteiger partial charge in [-0.2, -0.15) is 0 Å². The molecule has 5 heteroatoms. The van der Waals surface area contributed by atoms with Gasteiger partial charge in [0.05, 0.1) is 5.56 Å². The third kappa shape index (κ3) is 3.91. The van der Waals surface area contributed by atoms with Gasteiger partial charge in [-0.05, 0) is 55.3 Å². The molecule has 0 N–H and O–H groups in total. The van der Waals surface area contributed by atoms with Crippen LogP contribution in [0.1, 0.15) is 21.5 Å². The second-order valence-corrected chi connectivity index (χ2v) is 8.65. The van der Waals surface area contributed by atoms with Crippen LogP contribution in [-0.2, 0) is 0 Å². The van der Waals surface area contributed by atoms with E-state index in [1.165, 1.54) is 11.3 Å². The number of amides is 1. The Bertz CT molecular complexity index is 1380. The number of benzene rings is 3. The van der Waals surface area contributed by atoms with Crippen LogP contribution in [-0.4, -0.2) is 41.6 Å². The zero-order valence-corrected chi connectivity index (χ0v) is 19.0. The topological polar surface area (TPSA) is 45.6 Å². The van der Waals surface area contributed by atoms with Gasteiger partial charge in [0.2, 0.25) is 0 Å². The molecule has 166 valence electrons. The Morgan fingerprint density at radius 2 is 1.39 bits per heavy atom. The zero-order valence-electron chi connectivity index (χ0n) is 19.0. The van der Waals surface area contributed by atoms with Gasteiger partial charge in [-0.25, -0.2) is 0 Å². The Morgan fingerprint density at radius 1 is 0.727 bits per heavy atom. The number of hydrogen-bond donors (Lipinski definition) is 0. The van der Waals surface area contributed by atoms with Crippen LogP contribution in [0.3, 0.4) is 0 Å². The number of nitrogens with zero attached hydrogens (tertiary/aromatic N) is 3. The first kappa shape index (κ1) is 21.0. The summed E-state index contributed by atoms with van der Waals surface area (Å²) >= 11 is 0. The summed E-state index contributed by atoms with van der Waals surface area (Å²) in [5, 5.41) is 1.27. The fourth-order valence-corrected chi connectivity index (χ4v) is 4.51. The van der Waals surface area contributed by atoms with Crippen molar-refractivity contribution in [2.75, 3.05) is 31.1 Å². The van der Waals surface area contributed by atoms with E-state index in [0.717, 1.165) is 24.3 Å². The molecule has 0 saturated carbocycles. The number of aryl methyl sites for hydroxylation is 2. The van der Waals surface area contributed by atoms with Crippen molar-refractivity contribution in [3.63, 3.8) is 0 Å². The molecule has 0 radical (unpaired) electrons. The van der Waals surface area contributed by atoms with Crippen LogP contribution in [0.5, 0.6) is 0 Å². The number of anilines is 1. The number of carbonyl (C=O) groups excluding carboxylic acids is 1. The van der Waals surface area contributed by atoms with Crippen molar-refractivity contribution in [3.8, 4) is 5.69 Å². The minimum absolute atomic E-state index is 0.0310. The summed E-state index contributed by atoms with van der Waals surface area (Å²) in [6.07, 6.45) is 1.72. The SMILES string of the molecule is Cc1ccc(-n2cc(C(=O)N3CCN(c4ccccc4)CC3)c3ccccc3c2=O)cc1C. The fourth-order valence-electron chi connectivity index (χ4n) is 4.51. The minimum Gasteiger partial charge on any atom is -0.368 e. The largest absolute Gasteiger partial charge is 0.368 e. The second-order valence-electron chi connectivity index (χ2n) is 8.65. The van der Waals surface area contributed by atoms with Crippen LogP contribution in [0.15, 0.2) is 83.8 Å². The minimum atomic E-state index is -0.112. The molecule has 1 amide bonds. The molecule has 1 aromatic heterocycles. The molecule has 0 bridgehead atoms. The van der Waals surface area contributed by atoms with Crippen LogP contribution < -0.4 is 10.5 Å². The highest BCUT2D eigenvalue weighted by Crippen LogP contribution is 2.22. The van der Waals surface area contributed by atoms with Gasteiger partial charge < -0.3 is 9.80 Å². The quantitative estimate of drug-likeness (QED) is 0.472. The molecule has 5 rings (SSSR count). The molecule has 5 nitrogen and oxygen atoms in total. The van der Waals surface area contributed by atoms with Crippen LogP contribution in [0.25, 0.3) is 16.5 Å². The predicted octanol–water partition coefficient (Wildman–Crippen LogP) is 4.57. The van der Waals surface area contributed by atoms with Gasteiger partial charge in [-0.15, -0.1) is 0 Å². The van der Waals surface area contributed by atoms with Crippen molar-refractivity contribution in [2.24, 2.45) is 0 Å². The first-order chi connectivity index (χ1) is 16.0. The van der Waals surface area contributed by atoms with E-state index in [2.05, 4.69) is 17.0 Å². The maximum absolute atomic E-state index is 13.7. The number of para-hydroxylation sites is 1. The molecule has 33 heavy (non-hydrogen) atoms. The molecule has 1 aliphatic heterocycles. The number of pyridine rings is 1. The summed E-state index contributed by atoms with van der Waals surface area (Å²) in [6.45, 7) is 6.93. The Labute approximate surface area is 193 Å². The second kappa shape index (κ2) is 8.58. The van der Waals surface area contributed by atoms with Crippen LogP contribution in [0.4, 0.5) is 5.69 Å². The molecular weight excluding hydrogens is 410 g/mol. The highest BCUT2D eigenvalue weighted by Gasteiger charge is 2.25. The van der Waals surface area contributed by atoms with E-state index in [-0.39, 0.29) is 11.5 Å². The lowest BCUT2D eigenvalue weighted by atomic mass is 10.0. The van der Waals surface area contributed by atoms with Crippen molar-refractivity contribution in [3.05, 3.63) is 106 Å². The molecule has 4 aromatic rings. The Balaban J connectivity index is 1.51. The lowest BCUT2D eigenvalue weighted by molar-refractivity contribution is 0.0748. The molecule has 1 aliphatic rings. The van der Waals surface area contributed by atoms with E-state index in [1.807, 2.05) is 73.3 Å². The van der Waals surface area contributed by atoms with Crippen molar-refractivity contribution in [1.82, 2.24) is 9.47 Å². The average molecular weight is 438 g/mol. The smallest absolute Gasteiger partial charge is 0.262 e. The number of piperazine rings is 1. The maximum Gasteiger partial charge on any atom is 0.262 e. The lowest BCUT2D eigenvalue weighted by Crippen LogP contribution is -2.49. The van der Waals surface area contributed by atoms with E-state index in [4.69, 9.17) is 0 Å². The summed E-state index contributed by atoms with van der Waals surface area (Å²) in [4.78, 5) is 31.2. The molecule has 0 atom stereocenters. The van der Waals surface area contributed by atoms with Gasteiger partial charge in [0, 0.05) is 54.5 Å². The first-order valence-electron chi connectivity index (χ1n) is 11.3. The van der Waals surface area contributed by atoms with Crippen LogP contribution in [0, 0.1) is 13.8 Å². The van der Waals surface area contributed by atoms with Crippen LogP contribution >= 0.6 is 0 Å². The standard InChI is InChI=1S/C28H27N3O2/c1-20-12-13-23(18-21(20)2)31-19-26(24-10-6-7-11-25(24)28(31)33)27(32)30-16-14-29(15-17-30)22-8-4-3-5-9-22/h3-13,18-19H,14-17H2,1-2H3. The molecule has 0 spiro atoms. The summed E-state index contributed by atoms with van der Waals surface area (Å²) in [7, 11) is 0. The molecular formula is C28H27N3O2. The molecule has 1 fully saturated rings. The lowest BCUT2D eigenvalue weighted by Gasteiger charge is -2.36. The van der Waals surface area contributed by atoms with E-state index < -0.39 is 0 Å². The third-order valence-corrected chi connectivity index (χ3v) is 6.61. The summed E-state index contributed by atoms with van der Waals surface area (Å²) in [6, 6.07) is 23.6. The Kier molecular flexibility index (Phi) is 5.47. The summed E-state index contributed by atoms with van der Waals surface area (Å²) in [5.74, 6) is -0.0310. The molecule has 3 aromatic carbocycles. The van der Waals surface area contributed by atoms with Crippen molar-refractivity contribution < 1.29 is 4.79 Å². The number of hydrogen-bond acceptors (Lipinski definition) is 3. The van der Waals surface area contributed by atoms with E-state index in [9.17, 15) is 9.59 Å². The van der Waals surface area contributed by atoms with Gasteiger partial charge in [0.1, 0.15) is 0 Å². The van der Waals surface area contributed by atoms with Crippen molar-refractivity contribution in [2.45, 2.75) is 13.8 Å². The normalized spacial score (nSPS) is 14.0. The summed E-state index contributed by atoms with van der Waals surface area (Å²) < 4.78 is 1.61. The van der Waals surface area contributed by atoms with E-state index in [1.54, 1.807) is 16.8 Å². The maximum atomic E-state index is 13.7.